The van der Waals surface area contributed by atoms with Crippen molar-refractivity contribution in [3.63, 3.8) is 0 Å². The minimum atomic E-state index is -0.557. The highest BCUT2D eigenvalue weighted by Gasteiger charge is 2.31. The maximum absolute atomic E-state index is 13.5. The van der Waals surface area contributed by atoms with Crippen LogP contribution in [0.2, 0.25) is 5.02 Å². The number of rotatable bonds is 2. The van der Waals surface area contributed by atoms with Gasteiger partial charge in [-0.2, -0.15) is 0 Å². The molecule has 1 aromatic carbocycles. The Hall–Kier alpha value is -1.75. The molecule has 0 amide bonds. The Labute approximate surface area is 114 Å². The van der Waals surface area contributed by atoms with Crippen molar-refractivity contribution in [2.75, 3.05) is 5.73 Å². The third-order valence-corrected chi connectivity index (χ3v) is 3.77. The van der Waals surface area contributed by atoms with Crippen molar-refractivity contribution in [1.29, 1.82) is 0 Å². The number of anilines is 1. The Bertz CT molecular complexity index is 715. The predicted octanol–water partition coefficient (Wildman–Crippen LogP) is 2.43. The molecule has 1 saturated carbocycles. The van der Waals surface area contributed by atoms with Gasteiger partial charge in [-0.3, -0.25) is 9.48 Å². The summed E-state index contributed by atoms with van der Waals surface area (Å²) in [5.74, 6) is -0.213. The van der Waals surface area contributed by atoms with Crippen LogP contribution in [0.5, 0.6) is 0 Å². The molecule has 2 N–H and O–H groups in total. The third kappa shape index (κ3) is 1.85. The fraction of sp³-hybridized carbons (Fsp3) is 0.308. The molecule has 1 fully saturated rings. The Morgan fingerprint density at radius 1 is 1.42 bits per heavy atom. The number of halogens is 2. The van der Waals surface area contributed by atoms with Gasteiger partial charge in [0.05, 0.1) is 16.4 Å². The molecule has 0 unspecified atom stereocenters. The van der Waals surface area contributed by atoms with Gasteiger partial charge in [-0.15, -0.1) is 0 Å². The van der Waals surface area contributed by atoms with Gasteiger partial charge in [0, 0.05) is 19.0 Å². The minimum Gasteiger partial charge on any atom is -0.393 e. The molecule has 1 heterocycles. The average Bonchev–Trinajstić information content (AvgIpc) is 3.15. The van der Waals surface area contributed by atoms with Crippen LogP contribution in [0.3, 0.4) is 0 Å². The summed E-state index contributed by atoms with van der Waals surface area (Å²) in [5.41, 5.74) is 7.07. The zero-order chi connectivity index (χ0) is 13.7. The van der Waals surface area contributed by atoms with E-state index in [1.807, 2.05) is 0 Å². The first-order valence-electron chi connectivity index (χ1n) is 6.03. The number of aromatic nitrogens is 2. The van der Waals surface area contributed by atoms with E-state index < -0.39 is 5.82 Å². The second-order valence-electron chi connectivity index (χ2n) is 4.81. The van der Waals surface area contributed by atoms with Gasteiger partial charge in [0.15, 0.2) is 0 Å². The Balaban J connectivity index is 2.22. The van der Waals surface area contributed by atoms with Gasteiger partial charge in [0.25, 0.3) is 5.56 Å². The highest BCUT2D eigenvalue weighted by molar-refractivity contribution is 6.30. The number of nitrogen functional groups attached to an aromatic ring is 1. The van der Waals surface area contributed by atoms with Gasteiger partial charge in [-0.25, -0.2) is 9.07 Å². The fourth-order valence-corrected chi connectivity index (χ4v) is 2.51. The van der Waals surface area contributed by atoms with Gasteiger partial charge < -0.3 is 5.73 Å². The van der Waals surface area contributed by atoms with E-state index in [0.717, 1.165) is 18.5 Å². The largest absolute Gasteiger partial charge is 0.393 e. The summed E-state index contributed by atoms with van der Waals surface area (Å²) < 4.78 is 16.6. The second kappa shape index (κ2) is 4.13. The Morgan fingerprint density at radius 3 is 2.68 bits per heavy atom. The number of hydrogen-bond acceptors (Lipinski definition) is 2. The lowest BCUT2D eigenvalue weighted by Crippen LogP contribution is -2.20. The zero-order valence-corrected chi connectivity index (χ0v) is 11.1. The molecule has 4 nitrogen and oxygen atoms in total. The second-order valence-corrected chi connectivity index (χ2v) is 5.22. The van der Waals surface area contributed by atoms with Crippen LogP contribution in [-0.2, 0) is 7.05 Å². The molecule has 0 radical (unpaired) electrons. The molecule has 100 valence electrons. The van der Waals surface area contributed by atoms with E-state index in [2.05, 4.69) is 0 Å². The standard InChI is InChI=1S/C13H13ClFN3O/c1-17-12(7-2-3-7)11(16)13(19)18(17)8-4-5-9(14)10(15)6-8/h4-7H,2-3,16H2,1H3. The lowest BCUT2D eigenvalue weighted by Gasteiger charge is -2.09. The monoisotopic (exact) mass is 281 g/mol. The first-order chi connectivity index (χ1) is 9.00. The van der Waals surface area contributed by atoms with E-state index in [1.165, 1.54) is 16.8 Å². The van der Waals surface area contributed by atoms with E-state index in [-0.39, 0.29) is 16.3 Å². The van der Waals surface area contributed by atoms with Gasteiger partial charge >= 0.3 is 0 Å². The molecule has 1 aromatic heterocycles. The van der Waals surface area contributed by atoms with Crippen molar-refractivity contribution in [2.45, 2.75) is 18.8 Å². The fourth-order valence-electron chi connectivity index (χ4n) is 2.39. The molecule has 1 aliphatic rings. The predicted molar refractivity (Wildman–Crippen MR) is 72.4 cm³/mol. The van der Waals surface area contributed by atoms with E-state index in [9.17, 15) is 9.18 Å². The van der Waals surface area contributed by atoms with Gasteiger partial charge in [0.2, 0.25) is 0 Å². The molecule has 3 rings (SSSR count). The first-order valence-corrected chi connectivity index (χ1v) is 6.41. The van der Waals surface area contributed by atoms with E-state index in [4.69, 9.17) is 17.3 Å². The minimum absolute atomic E-state index is 0.0291. The Morgan fingerprint density at radius 2 is 2.11 bits per heavy atom. The molecule has 0 atom stereocenters. The lowest BCUT2D eigenvalue weighted by molar-refractivity contribution is 0.600. The number of nitrogens with zero attached hydrogens (tertiary/aromatic N) is 2. The molecule has 0 spiro atoms. The lowest BCUT2D eigenvalue weighted by atomic mass is 10.2. The van der Waals surface area contributed by atoms with Crippen LogP contribution in [0.15, 0.2) is 23.0 Å². The average molecular weight is 282 g/mol. The summed E-state index contributed by atoms with van der Waals surface area (Å²) in [6.45, 7) is 0. The Kier molecular flexibility index (Phi) is 2.67. The molecule has 1 aliphatic carbocycles. The normalized spacial score (nSPS) is 14.9. The topological polar surface area (TPSA) is 52.9 Å². The maximum Gasteiger partial charge on any atom is 0.294 e. The molecule has 0 aliphatic heterocycles. The van der Waals surface area contributed by atoms with Gasteiger partial charge in [0.1, 0.15) is 11.5 Å². The highest BCUT2D eigenvalue weighted by Crippen LogP contribution is 2.42. The first kappa shape index (κ1) is 12.3. The number of benzene rings is 1. The van der Waals surface area contributed by atoms with Crippen LogP contribution < -0.4 is 11.3 Å². The van der Waals surface area contributed by atoms with E-state index in [0.29, 0.717) is 11.6 Å². The van der Waals surface area contributed by atoms with Crippen LogP contribution in [0, 0.1) is 5.82 Å². The molecular weight excluding hydrogens is 269 g/mol. The SMILES string of the molecule is Cn1c(C2CC2)c(N)c(=O)n1-c1ccc(Cl)c(F)c1. The zero-order valence-electron chi connectivity index (χ0n) is 10.4. The summed E-state index contributed by atoms with van der Waals surface area (Å²) in [6.07, 6.45) is 2.08. The molecule has 2 aromatic rings. The summed E-state index contributed by atoms with van der Waals surface area (Å²) in [4.78, 5) is 12.2. The van der Waals surface area contributed by atoms with Crippen molar-refractivity contribution < 1.29 is 4.39 Å². The molecule has 0 bridgehead atoms. The smallest absolute Gasteiger partial charge is 0.294 e. The van der Waals surface area contributed by atoms with E-state index in [1.54, 1.807) is 17.8 Å². The van der Waals surface area contributed by atoms with Crippen molar-refractivity contribution >= 4 is 17.3 Å². The van der Waals surface area contributed by atoms with Crippen LogP contribution in [0.25, 0.3) is 5.69 Å². The van der Waals surface area contributed by atoms with Crippen LogP contribution in [-0.4, -0.2) is 9.36 Å². The number of hydrogen-bond donors (Lipinski definition) is 1. The molecular formula is C13H13ClFN3O. The third-order valence-electron chi connectivity index (χ3n) is 3.46. The van der Waals surface area contributed by atoms with Crippen molar-refractivity contribution in [3.05, 3.63) is 45.1 Å². The van der Waals surface area contributed by atoms with E-state index >= 15 is 0 Å². The summed E-state index contributed by atoms with van der Waals surface area (Å²) in [6, 6.07) is 4.27. The molecule has 6 heteroatoms. The van der Waals surface area contributed by atoms with Gasteiger partial charge in [-0.05, 0) is 25.0 Å². The van der Waals surface area contributed by atoms with Crippen LogP contribution in [0.1, 0.15) is 24.5 Å². The highest BCUT2D eigenvalue weighted by atomic mass is 35.5. The molecule has 19 heavy (non-hydrogen) atoms. The van der Waals surface area contributed by atoms with Crippen LogP contribution in [0.4, 0.5) is 10.1 Å². The number of nitrogens with two attached hydrogens (primary N) is 1. The quantitative estimate of drug-likeness (QED) is 0.919. The van der Waals surface area contributed by atoms with Crippen molar-refractivity contribution in [2.24, 2.45) is 7.05 Å². The van der Waals surface area contributed by atoms with Gasteiger partial charge in [-0.1, -0.05) is 11.6 Å². The van der Waals surface area contributed by atoms with Crippen molar-refractivity contribution in [1.82, 2.24) is 9.36 Å². The maximum atomic E-state index is 13.5. The van der Waals surface area contributed by atoms with Crippen molar-refractivity contribution in [3.8, 4) is 5.69 Å². The summed E-state index contributed by atoms with van der Waals surface area (Å²) >= 11 is 5.65. The van der Waals surface area contributed by atoms with Crippen LogP contribution >= 0.6 is 11.6 Å². The summed E-state index contributed by atoms with van der Waals surface area (Å²) in [7, 11) is 1.76. The molecule has 0 saturated heterocycles. The summed E-state index contributed by atoms with van der Waals surface area (Å²) in [5, 5.41) is 0.0291.